The summed E-state index contributed by atoms with van der Waals surface area (Å²) >= 11 is 1.37. The molecule has 4 heterocycles. The number of imidazole rings is 1. The van der Waals surface area contributed by atoms with Crippen molar-refractivity contribution in [2.45, 2.75) is 26.1 Å². The number of aromatic nitrogens is 6. The fourth-order valence-corrected chi connectivity index (χ4v) is 4.34. The molecule has 0 saturated heterocycles. The molecule has 1 unspecified atom stereocenters. The van der Waals surface area contributed by atoms with Gasteiger partial charge >= 0.3 is 12.1 Å². The molecule has 0 bridgehead atoms. The van der Waals surface area contributed by atoms with Crippen LogP contribution in [0.1, 0.15) is 24.4 Å². The summed E-state index contributed by atoms with van der Waals surface area (Å²) in [5.41, 5.74) is 2.49. The standard InChI is InChI=1S/C20H16FN7OS.C2HF3O2/c1-10-7-30-20-27-15(11(2)26-18-16-17(23-8-22-16)24-9-25-18)14(19(29)28(10)20)12-5-3-4-6-13(12)21;3-2(4,5)1(6)7/h3-9,11H,1-2H3,(H2,22,23,24,25,26);(H,6,7). The molecule has 4 aromatic heterocycles. The molecular formula is C22H17F4N7O3S. The van der Waals surface area contributed by atoms with E-state index in [-0.39, 0.29) is 16.7 Å². The Morgan fingerprint density at radius 2 is 1.92 bits per heavy atom. The van der Waals surface area contributed by atoms with Gasteiger partial charge in [-0.2, -0.15) is 13.2 Å². The van der Waals surface area contributed by atoms with Crippen LogP contribution in [-0.4, -0.2) is 46.6 Å². The van der Waals surface area contributed by atoms with Gasteiger partial charge in [-0.05, 0) is 19.9 Å². The zero-order chi connectivity index (χ0) is 26.9. The van der Waals surface area contributed by atoms with Crippen molar-refractivity contribution in [3.8, 4) is 11.1 Å². The molecule has 10 nitrogen and oxygen atoms in total. The molecule has 0 aliphatic rings. The highest BCUT2D eigenvalue weighted by atomic mass is 32.1. The lowest BCUT2D eigenvalue weighted by atomic mass is 10.0. The predicted molar refractivity (Wildman–Crippen MR) is 127 cm³/mol. The van der Waals surface area contributed by atoms with Crippen LogP contribution in [0.15, 0.2) is 47.1 Å². The van der Waals surface area contributed by atoms with Gasteiger partial charge in [0.2, 0.25) is 0 Å². The number of alkyl halides is 3. The third kappa shape index (κ3) is 5.11. The molecule has 15 heteroatoms. The minimum Gasteiger partial charge on any atom is -0.475 e. The summed E-state index contributed by atoms with van der Waals surface area (Å²) < 4.78 is 47.9. The van der Waals surface area contributed by atoms with Crippen LogP contribution in [0.2, 0.25) is 0 Å². The van der Waals surface area contributed by atoms with Gasteiger partial charge < -0.3 is 15.4 Å². The molecule has 0 radical (unpaired) electrons. The van der Waals surface area contributed by atoms with E-state index >= 15 is 0 Å². The Kier molecular flexibility index (Phi) is 6.89. The van der Waals surface area contributed by atoms with Crippen molar-refractivity contribution in [3.63, 3.8) is 0 Å². The Morgan fingerprint density at radius 1 is 1.22 bits per heavy atom. The third-order valence-electron chi connectivity index (χ3n) is 5.13. The average Bonchev–Trinajstić information content (AvgIpc) is 3.47. The van der Waals surface area contributed by atoms with E-state index in [2.05, 4.69) is 25.3 Å². The number of hydrogen-bond donors (Lipinski definition) is 3. The first kappa shape index (κ1) is 25.7. The molecule has 1 aromatic carbocycles. The lowest BCUT2D eigenvalue weighted by molar-refractivity contribution is -0.192. The number of aliphatic carboxylic acids is 1. The number of hydrogen-bond acceptors (Lipinski definition) is 8. The van der Waals surface area contributed by atoms with E-state index in [0.29, 0.717) is 27.6 Å². The highest BCUT2D eigenvalue weighted by Crippen LogP contribution is 2.30. The summed E-state index contributed by atoms with van der Waals surface area (Å²) in [4.78, 5) is 43.1. The predicted octanol–water partition coefficient (Wildman–Crippen LogP) is 4.34. The van der Waals surface area contributed by atoms with E-state index in [1.54, 1.807) is 18.2 Å². The first-order chi connectivity index (χ1) is 17.5. The van der Waals surface area contributed by atoms with Gasteiger partial charge in [0.05, 0.1) is 23.6 Å². The summed E-state index contributed by atoms with van der Waals surface area (Å²) in [6.07, 6.45) is -2.13. The number of carboxylic acid groups (broad SMARTS) is 1. The van der Waals surface area contributed by atoms with Gasteiger partial charge in [-0.25, -0.2) is 29.1 Å². The number of thiazole rings is 1. The number of H-pyrrole nitrogens is 1. The van der Waals surface area contributed by atoms with Gasteiger partial charge in [-0.1, -0.05) is 18.2 Å². The minimum atomic E-state index is -5.08. The van der Waals surface area contributed by atoms with Crippen LogP contribution in [0.5, 0.6) is 0 Å². The second kappa shape index (κ2) is 9.93. The van der Waals surface area contributed by atoms with Gasteiger partial charge in [-0.3, -0.25) is 9.20 Å². The minimum absolute atomic E-state index is 0.214. The quantitative estimate of drug-likeness (QED) is 0.289. The number of aryl methyl sites for hydroxylation is 1. The number of aromatic amines is 1. The van der Waals surface area contributed by atoms with E-state index in [9.17, 15) is 22.4 Å². The molecule has 3 N–H and O–H groups in total. The molecule has 0 fully saturated rings. The maximum absolute atomic E-state index is 14.7. The van der Waals surface area contributed by atoms with Gasteiger partial charge in [0.1, 0.15) is 17.7 Å². The van der Waals surface area contributed by atoms with Crippen LogP contribution in [-0.2, 0) is 4.79 Å². The lowest BCUT2D eigenvalue weighted by Gasteiger charge is -2.18. The Labute approximate surface area is 208 Å². The van der Waals surface area contributed by atoms with Crippen LogP contribution in [0.3, 0.4) is 0 Å². The summed E-state index contributed by atoms with van der Waals surface area (Å²) in [5.74, 6) is -2.74. The Hall–Kier alpha value is -4.40. The SMILES string of the molecule is Cc1csc2nc(C(C)Nc3ncnc4[nH]cnc34)c(-c3ccccc3F)c(=O)n12.O=C(O)C(F)(F)F. The summed E-state index contributed by atoms with van der Waals surface area (Å²) in [6, 6.07) is 5.77. The first-order valence-corrected chi connectivity index (χ1v) is 11.3. The third-order valence-corrected chi connectivity index (χ3v) is 6.08. The van der Waals surface area contributed by atoms with E-state index < -0.39 is 24.0 Å². The monoisotopic (exact) mass is 535 g/mol. The number of benzene rings is 1. The van der Waals surface area contributed by atoms with Crippen LogP contribution in [0.4, 0.5) is 23.4 Å². The molecule has 5 aromatic rings. The van der Waals surface area contributed by atoms with Crippen LogP contribution in [0.25, 0.3) is 27.3 Å². The normalized spacial score (nSPS) is 12.3. The van der Waals surface area contributed by atoms with Crippen molar-refractivity contribution in [1.29, 1.82) is 0 Å². The summed E-state index contributed by atoms with van der Waals surface area (Å²) in [7, 11) is 0. The molecule has 5 rings (SSSR count). The molecule has 192 valence electrons. The van der Waals surface area contributed by atoms with E-state index in [0.717, 1.165) is 5.69 Å². The van der Waals surface area contributed by atoms with Gasteiger partial charge in [0.25, 0.3) is 5.56 Å². The fraction of sp³-hybridized carbons (Fsp3) is 0.182. The van der Waals surface area contributed by atoms with Crippen LogP contribution >= 0.6 is 11.3 Å². The molecule has 0 aliphatic heterocycles. The zero-order valence-electron chi connectivity index (χ0n) is 19.0. The van der Waals surface area contributed by atoms with Gasteiger partial charge in [0.15, 0.2) is 16.4 Å². The molecular weight excluding hydrogens is 518 g/mol. The second-order valence-corrected chi connectivity index (χ2v) is 8.48. The molecule has 0 aliphatic carbocycles. The number of rotatable bonds is 4. The van der Waals surface area contributed by atoms with Crippen molar-refractivity contribution in [3.05, 3.63) is 69.9 Å². The molecule has 0 spiro atoms. The molecule has 0 amide bonds. The second-order valence-electron chi connectivity index (χ2n) is 7.64. The lowest BCUT2D eigenvalue weighted by Crippen LogP contribution is -2.23. The van der Waals surface area contributed by atoms with Crippen LogP contribution < -0.4 is 10.9 Å². The highest BCUT2D eigenvalue weighted by molar-refractivity contribution is 7.15. The van der Waals surface area contributed by atoms with Crippen LogP contribution in [0, 0.1) is 12.7 Å². The van der Waals surface area contributed by atoms with Gasteiger partial charge in [0, 0.05) is 16.6 Å². The number of anilines is 1. The Bertz CT molecular complexity index is 1660. The summed E-state index contributed by atoms with van der Waals surface area (Å²) in [6.45, 7) is 3.68. The van der Waals surface area contributed by atoms with Crippen molar-refractivity contribution in [1.82, 2.24) is 29.3 Å². The number of halogens is 4. The van der Waals surface area contributed by atoms with Crippen molar-refractivity contribution >= 4 is 39.2 Å². The smallest absolute Gasteiger partial charge is 0.475 e. The Balaban J connectivity index is 0.000000405. The van der Waals surface area contributed by atoms with Gasteiger partial charge in [-0.15, -0.1) is 11.3 Å². The number of carboxylic acids is 1. The maximum atomic E-state index is 14.7. The average molecular weight is 535 g/mol. The zero-order valence-corrected chi connectivity index (χ0v) is 19.9. The van der Waals surface area contributed by atoms with Crippen molar-refractivity contribution in [2.24, 2.45) is 0 Å². The number of carbonyl (C=O) groups is 1. The van der Waals surface area contributed by atoms with E-state index in [1.807, 2.05) is 19.2 Å². The fourth-order valence-electron chi connectivity index (χ4n) is 3.47. The number of nitrogens with one attached hydrogen (secondary N) is 2. The Morgan fingerprint density at radius 3 is 2.59 bits per heavy atom. The molecule has 1 atom stereocenters. The number of nitrogens with zero attached hydrogens (tertiary/aromatic N) is 5. The molecule has 37 heavy (non-hydrogen) atoms. The van der Waals surface area contributed by atoms with E-state index in [1.165, 1.54) is 34.5 Å². The van der Waals surface area contributed by atoms with E-state index in [4.69, 9.17) is 14.9 Å². The number of fused-ring (bicyclic) bond motifs is 2. The van der Waals surface area contributed by atoms with Crippen molar-refractivity contribution < 1.29 is 27.5 Å². The van der Waals surface area contributed by atoms with Crippen molar-refractivity contribution in [2.75, 3.05) is 5.32 Å². The highest BCUT2D eigenvalue weighted by Gasteiger charge is 2.38. The topological polar surface area (TPSA) is 138 Å². The maximum Gasteiger partial charge on any atom is 0.490 e. The first-order valence-electron chi connectivity index (χ1n) is 10.5. The summed E-state index contributed by atoms with van der Waals surface area (Å²) in [5, 5.41) is 12.2. The largest absolute Gasteiger partial charge is 0.490 e. The molecule has 0 saturated carbocycles.